The average molecular weight is 413 g/mol. The van der Waals surface area contributed by atoms with Gasteiger partial charge < -0.3 is 5.32 Å². The number of hydrogen-bond donors (Lipinski definition) is 1. The van der Waals surface area contributed by atoms with Gasteiger partial charge in [-0.15, -0.1) is 11.3 Å². The number of nitrogens with one attached hydrogen (secondary N) is 1. The Morgan fingerprint density at radius 1 is 1.17 bits per heavy atom. The standard InChI is InChI=1S/C21H17F2N3O2S/c1-13-11-15(22)7-9-18(13)25-20(28)10-8-16-12-29-21(24-16)26(14(2)27)19-6-4-3-5-17(19)23/h3-12H,1-2H3,(H,25,28)/b10-8+. The molecule has 0 aliphatic heterocycles. The van der Waals surface area contributed by atoms with Gasteiger partial charge in [-0.2, -0.15) is 0 Å². The van der Waals surface area contributed by atoms with Gasteiger partial charge in [-0.3, -0.25) is 14.5 Å². The second-order valence-electron chi connectivity index (χ2n) is 6.14. The summed E-state index contributed by atoms with van der Waals surface area (Å²) in [5.41, 5.74) is 1.65. The number of aromatic nitrogens is 1. The van der Waals surface area contributed by atoms with Crippen molar-refractivity contribution < 1.29 is 18.4 Å². The van der Waals surface area contributed by atoms with Crippen molar-refractivity contribution in [3.05, 3.63) is 76.8 Å². The van der Waals surface area contributed by atoms with E-state index in [-0.39, 0.29) is 22.5 Å². The highest BCUT2D eigenvalue weighted by Crippen LogP contribution is 2.31. The average Bonchev–Trinajstić information content (AvgIpc) is 3.12. The molecule has 0 atom stereocenters. The van der Waals surface area contributed by atoms with Gasteiger partial charge in [0, 0.05) is 24.1 Å². The van der Waals surface area contributed by atoms with Crippen LogP contribution in [0.2, 0.25) is 0 Å². The summed E-state index contributed by atoms with van der Waals surface area (Å²) >= 11 is 1.15. The minimum Gasteiger partial charge on any atom is -0.322 e. The van der Waals surface area contributed by atoms with E-state index < -0.39 is 11.7 Å². The van der Waals surface area contributed by atoms with E-state index in [1.54, 1.807) is 18.4 Å². The number of nitrogens with zero attached hydrogens (tertiary/aromatic N) is 2. The van der Waals surface area contributed by atoms with Gasteiger partial charge in [-0.25, -0.2) is 13.8 Å². The lowest BCUT2D eigenvalue weighted by Crippen LogP contribution is -2.23. The lowest BCUT2D eigenvalue weighted by Gasteiger charge is -2.18. The topological polar surface area (TPSA) is 62.3 Å². The van der Waals surface area contributed by atoms with Crippen molar-refractivity contribution in [2.45, 2.75) is 13.8 Å². The first kappa shape index (κ1) is 20.3. The third kappa shape index (κ3) is 4.91. The number of rotatable bonds is 5. The van der Waals surface area contributed by atoms with Gasteiger partial charge >= 0.3 is 0 Å². The number of halogens is 2. The zero-order chi connectivity index (χ0) is 21.0. The highest BCUT2D eigenvalue weighted by Gasteiger charge is 2.20. The molecule has 0 unspecified atom stereocenters. The highest BCUT2D eigenvalue weighted by molar-refractivity contribution is 7.14. The molecule has 0 aliphatic rings. The van der Waals surface area contributed by atoms with Crippen LogP contribution in [0.3, 0.4) is 0 Å². The van der Waals surface area contributed by atoms with E-state index in [1.165, 1.54) is 60.4 Å². The van der Waals surface area contributed by atoms with Crippen LogP contribution in [0.15, 0.2) is 53.9 Å². The zero-order valence-corrected chi connectivity index (χ0v) is 16.5. The van der Waals surface area contributed by atoms with Crippen molar-refractivity contribution in [1.29, 1.82) is 0 Å². The molecular formula is C21H17F2N3O2S. The number of hydrogen-bond acceptors (Lipinski definition) is 4. The maximum atomic E-state index is 14.1. The summed E-state index contributed by atoms with van der Waals surface area (Å²) in [7, 11) is 0. The summed E-state index contributed by atoms with van der Waals surface area (Å²) in [6.07, 6.45) is 2.76. The van der Waals surface area contributed by atoms with Gasteiger partial charge in [0.2, 0.25) is 11.8 Å². The molecule has 2 amide bonds. The quantitative estimate of drug-likeness (QED) is 0.595. The first-order valence-electron chi connectivity index (χ1n) is 8.61. The zero-order valence-electron chi connectivity index (χ0n) is 15.6. The second-order valence-corrected chi connectivity index (χ2v) is 6.98. The highest BCUT2D eigenvalue weighted by atomic mass is 32.1. The molecule has 148 valence electrons. The molecule has 0 bridgehead atoms. The molecule has 1 heterocycles. The van der Waals surface area contributed by atoms with Crippen molar-refractivity contribution in [2.75, 3.05) is 10.2 Å². The smallest absolute Gasteiger partial charge is 0.248 e. The van der Waals surface area contributed by atoms with Gasteiger partial charge in [0.1, 0.15) is 11.6 Å². The van der Waals surface area contributed by atoms with Crippen molar-refractivity contribution in [3.8, 4) is 0 Å². The van der Waals surface area contributed by atoms with Crippen LogP contribution in [0.5, 0.6) is 0 Å². The fourth-order valence-electron chi connectivity index (χ4n) is 2.60. The van der Waals surface area contributed by atoms with Gasteiger partial charge in [-0.1, -0.05) is 12.1 Å². The molecule has 1 N–H and O–H groups in total. The van der Waals surface area contributed by atoms with E-state index in [2.05, 4.69) is 10.3 Å². The molecule has 0 spiro atoms. The summed E-state index contributed by atoms with van der Waals surface area (Å²) in [5, 5.41) is 4.60. The van der Waals surface area contributed by atoms with Crippen LogP contribution >= 0.6 is 11.3 Å². The van der Waals surface area contributed by atoms with Crippen LogP contribution < -0.4 is 10.2 Å². The maximum absolute atomic E-state index is 14.1. The molecule has 5 nitrogen and oxygen atoms in total. The van der Waals surface area contributed by atoms with Crippen molar-refractivity contribution in [3.63, 3.8) is 0 Å². The van der Waals surface area contributed by atoms with E-state index in [4.69, 9.17) is 0 Å². The lowest BCUT2D eigenvalue weighted by molar-refractivity contribution is -0.116. The SMILES string of the molecule is CC(=O)N(c1nc(/C=C/C(=O)Nc2ccc(F)cc2C)cs1)c1ccccc1F. The third-order valence-corrected chi connectivity index (χ3v) is 4.81. The number of anilines is 3. The van der Waals surface area contributed by atoms with Gasteiger partial charge in [0.25, 0.3) is 0 Å². The minimum absolute atomic E-state index is 0.106. The first-order chi connectivity index (χ1) is 13.8. The molecule has 2 aromatic carbocycles. The van der Waals surface area contributed by atoms with Crippen LogP contribution in [-0.2, 0) is 9.59 Å². The number of carbonyl (C=O) groups excluding carboxylic acids is 2. The normalized spacial score (nSPS) is 10.9. The van der Waals surface area contributed by atoms with Crippen LogP contribution in [0, 0.1) is 18.6 Å². The van der Waals surface area contributed by atoms with Crippen molar-refractivity contribution in [1.82, 2.24) is 4.98 Å². The number of benzene rings is 2. The van der Waals surface area contributed by atoms with E-state index in [1.807, 2.05) is 0 Å². The Labute approximate surface area is 170 Å². The summed E-state index contributed by atoms with van der Waals surface area (Å²) < 4.78 is 27.2. The molecule has 0 aliphatic carbocycles. The number of amides is 2. The summed E-state index contributed by atoms with van der Waals surface area (Å²) in [6, 6.07) is 9.99. The Balaban J connectivity index is 1.76. The molecule has 1 aromatic heterocycles. The Morgan fingerprint density at radius 2 is 1.93 bits per heavy atom. The summed E-state index contributed by atoms with van der Waals surface area (Å²) in [6.45, 7) is 3.01. The first-order valence-corrected chi connectivity index (χ1v) is 9.49. The Morgan fingerprint density at radius 3 is 2.62 bits per heavy atom. The van der Waals surface area contributed by atoms with Crippen LogP contribution in [0.25, 0.3) is 6.08 Å². The van der Waals surface area contributed by atoms with E-state index in [0.717, 1.165) is 11.3 Å². The summed E-state index contributed by atoms with van der Waals surface area (Å²) in [4.78, 5) is 29.6. The Hall–Kier alpha value is -3.39. The summed E-state index contributed by atoms with van der Waals surface area (Å²) in [5.74, 6) is -1.71. The number of carbonyl (C=O) groups is 2. The molecule has 29 heavy (non-hydrogen) atoms. The van der Waals surface area contributed by atoms with Gasteiger partial charge in [0.15, 0.2) is 5.13 Å². The van der Waals surface area contributed by atoms with Crippen LogP contribution in [0.4, 0.5) is 25.3 Å². The number of thiazole rings is 1. The maximum Gasteiger partial charge on any atom is 0.248 e. The third-order valence-electron chi connectivity index (χ3n) is 3.96. The predicted octanol–water partition coefficient (Wildman–Crippen LogP) is 5.07. The van der Waals surface area contributed by atoms with Crippen LogP contribution in [0.1, 0.15) is 18.2 Å². The largest absolute Gasteiger partial charge is 0.322 e. The van der Waals surface area contributed by atoms with E-state index >= 15 is 0 Å². The van der Waals surface area contributed by atoms with Crippen molar-refractivity contribution >= 4 is 45.7 Å². The second kappa shape index (κ2) is 8.74. The van der Waals surface area contributed by atoms with Crippen LogP contribution in [-0.4, -0.2) is 16.8 Å². The fraction of sp³-hybridized carbons (Fsp3) is 0.0952. The van der Waals surface area contributed by atoms with Gasteiger partial charge in [-0.05, 0) is 48.9 Å². The molecule has 0 fully saturated rings. The van der Waals surface area contributed by atoms with Gasteiger partial charge in [0.05, 0.1) is 11.4 Å². The molecule has 3 aromatic rings. The molecule has 0 saturated carbocycles. The molecule has 0 saturated heterocycles. The van der Waals surface area contributed by atoms with E-state index in [0.29, 0.717) is 16.9 Å². The molecule has 3 rings (SSSR count). The Bertz CT molecular complexity index is 1100. The van der Waals surface area contributed by atoms with Crippen molar-refractivity contribution in [2.24, 2.45) is 0 Å². The lowest BCUT2D eigenvalue weighted by atomic mass is 10.2. The Kier molecular flexibility index (Phi) is 6.13. The molecular weight excluding hydrogens is 396 g/mol. The number of aryl methyl sites for hydroxylation is 1. The molecule has 0 radical (unpaired) electrons. The minimum atomic E-state index is -0.538. The monoisotopic (exact) mass is 413 g/mol. The fourth-order valence-corrected chi connectivity index (χ4v) is 3.45. The molecule has 8 heteroatoms. The number of para-hydroxylation sites is 1. The predicted molar refractivity (Wildman–Crippen MR) is 110 cm³/mol. The van der Waals surface area contributed by atoms with E-state index in [9.17, 15) is 18.4 Å².